The summed E-state index contributed by atoms with van der Waals surface area (Å²) in [6.07, 6.45) is 0. The molecule has 0 fully saturated rings. The Kier molecular flexibility index (Phi) is 7.10. The van der Waals surface area contributed by atoms with Crippen LogP contribution in [-0.4, -0.2) is 10.3 Å². The summed E-state index contributed by atoms with van der Waals surface area (Å²) in [4.78, 5) is 7.50. The zero-order chi connectivity index (χ0) is 34.6. The molecular formula is C42H20N2OS8. The molecule has 11 heteroatoms. The zero-order valence-electron chi connectivity index (χ0n) is 27.1. The standard InChI is InChI=1S/C42H20N2OS8/c1-5-27(46-13-1)33-23-11-17-50-39(23)35(29-7-3-15-48-29)25-19-31(52-41(25)33)21-9-10-22(38-37(21)43-45-44-38)32-20-26-36(30-8-4-16-49-30)40-24(12-18-51-40)34(42(26)53-32)28-6-2-14-47-28/h1-20H. The molecule has 0 atom stereocenters. The summed E-state index contributed by atoms with van der Waals surface area (Å²) in [6, 6.07) is 31.4. The summed E-state index contributed by atoms with van der Waals surface area (Å²) >= 11 is 14.6. The van der Waals surface area contributed by atoms with E-state index in [1.807, 2.05) is 45.3 Å². The largest absolute Gasteiger partial charge is 0.243 e. The second-order valence-corrected chi connectivity index (χ2v) is 20.3. The molecule has 0 saturated carbocycles. The summed E-state index contributed by atoms with van der Waals surface area (Å²) < 4.78 is 10.9. The van der Waals surface area contributed by atoms with Gasteiger partial charge < -0.3 is 0 Å². The fourth-order valence-corrected chi connectivity index (χ4v) is 15.5. The molecule has 0 bridgehead atoms. The van der Waals surface area contributed by atoms with Gasteiger partial charge in [-0.2, -0.15) is 0 Å². The summed E-state index contributed by atoms with van der Waals surface area (Å²) in [7, 11) is 0. The van der Waals surface area contributed by atoms with Gasteiger partial charge in [-0.1, -0.05) is 36.4 Å². The maximum Gasteiger partial charge on any atom is 0.144 e. The molecule has 0 radical (unpaired) electrons. The highest BCUT2D eigenvalue weighted by Gasteiger charge is 2.26. The fraction of sp³-hybridized carbons (Fsp3) is 0. The molecule has 0 aliphatic carbocycles. The lowest BCUT2D eigenvalue weighted by atomic mass is 9.98. The molecule has 0 saturated heterocycles. The lowest BCUT2D eigenvalue weighted by Gasteiger charge is -2.09. The third-order valence-corrected chi connectivity index (χ3v) is 17.6. The third-order valence-electron chi connectivity index (χ3n) is 9.80. The van der Waals surface area contributed by atoms with E-state index in [9.17, 15) is 0 Å². The monoisotopic (exact) mass is 824 g/mol. The first-order valence-corrected chi connectivity index (χ1v) is 23.6. The molecule has 53 heavy (non-hydrogen) atoms. The van der Waals surface area contributed by atoms with Crippen LogP contribution >= 0.6 is 90.7 Å². The van der Waals surface area contributed by atoms with E-state index in [2.05, 4.69) is 128 Å². The Labute approximate surface area is 333 Å². The number of rotatable bonds is 6. The van der Waals surface area contributed by atoms with Crippen LogP contribution in [0.4, 0.5) is 0 Å². The van der Waals surface area contributed by atoms with Crippen molar-refractivity contribution in [1.82, 2.24) is 10.3 Å². The van der Waals surface area contributed by atoms with Crippen molar-refractivity contribution in [2.45, 2.75) is 0 Å². The summed E-state index contributed by atoms with van der Waals surface area (Å²) in [5.74, 6) is 0. The average Bonchev–Trinajstić information content (AvgIpc) is 4.03. The molecule has 3 nitrogen and oxygen atoms in total. The normalized spacial score (nSPS) is 12.2. The molecule has 12 aromatic rings. The van der Waals surface area contributed by atoms with Crippen molar-refractivity contribution in [2.75, 3.05) is 0 Å². The molecule has 0 N–H and O–H groups in total. The SMILES string of the molecule is c1csc(-c2c3cc(-c4ccc(-c5cc6c(-c7cccs7)c7sccc7c(-c7cccs7)c6s5)c5nonc45)sc3c(-c3cccs3)c3ccsc23)c1. The molecule has 9 heterocycles. The average molecular weight is 825 g/mol. The van der Waals surface area contributed by atoms with Gasteiger partial charge in [-0.05, 0) is 91.1 Å². The Morgan fingerprint density at radius 1 is 0.358 bits per heavy atom. The Bertz CT molecular complexity index is 2880. The molecule has 9 aromatic heterocycles. The van der Waals surface area contributed by atoms with Crippen LogP contribution in [0.25, 0.3) is 114 Å². The van der Waals surface area contributed by atoms with Gasteiger partial charge >= 0.3 is 0 Å². The van der Waals surface area contributed by atoms with Crippen molar-refractivity contribution in [1.29, 1.82) is 0 Å². The minimum Gasteiger partial charge on any atom is -0.243 e. The number of nitrogens with zero attached hydrogens (tertiary/aromatic N) is 2. The van der Waals surface area contributed by atoms with Gasteiger partial charge in [0.2, 0.25) is 0 Å². The van der Waals surface area contributed by atoms with E-state index in [-0.39, 0.29) is 0 Å². The Hall–Kier alpha value is -4.30. The molecule has 252 valence electrons. The van der Waals surface area contributed by atoms with Crippen molar-refractivity contribution in [2.24, 2.45) is 0 Å². The number of hydrogen-bond donors (Lipinski definition) is 0. The van der Waals surface area contributed by atoms with Gasteiger partial charge in [0.1, 0.15) is 11.0 Å². The number of fused-ring (bicyclic) bond motifs is 5. The van der Waals surface area contributed by atoms with Crippen LogP contribution in [0, 0.1) is 0 Å². The first kappa shape index (κ1) is 31.1. The van der Waals surface area contributed by atoms with E-state index in [1.165, 1.54) is 82.1 Å². The van der Waals surface area contributed by atoms with E-state index >= 15 is 0 Å². The van der Waals surface area contributed by atoms with E-state index in [4.69, 9.17) is 4.63 Å². The Morgan fingerprint density at radius 3 is 1.13 bits per heavy atom. The van der Waals surface area contributed by atoms with Crippen molar-refractivity contribution in [3.63, 3.8) is 0 Å². The number of thiophene rings is 8. The van der Waals surface area contributed by atoms with Gasteiger partial charge in [0, 0.05) is 103 Å². The minimum atomic E-state index is 0.793. The molecule has 0 aliphatic rings. The van der Waals surface area contributed by atoms with Gasteiger partial charge in [0.25, 0.3) is 0 Å². The van der Waals surface area contributed by atoms with Crippen LogP contribution in [0.1, 0.15) is 0 Å². The highest BCUT2D eigenvalue weighted by molar-refractivity contribution is 7.26. The predicted octanol–water partition coefficient (Wildman–Crippen LogP) is 16.3. The predicted molar refractivity (Wildman–Crippen MR) is 237 cm³/mol. The van der Waals surface area contributed by atoms with Gasteiger partial charge in [0.05, 0.1) is 0 Å². The van der Waals surface area contributed by atoms with Crippen LogP contribution in [-0.2, 0) is 0 Å². The summed E-state index contributed by atoms with van der Waals surface area (Å²) in [5, 5.41) is 27.5. The Balaban J connectivity index is 1.09. The van der Waals surface area contributed by atoms with Crippen LogP contribution < -0.4 is 0 Å². The highest BCUT2D eigenvalue weighted by Crippen LogP contribution is 2.54. The highest BCUT2D eigenvalue weighted by atomic mass is 32.1. The van der Waals surface area contributed by atoms with Crippen LogP contribution in [0.5, 0.6) is 0 Å². The second-order valence-electron chi connectivity index (χ2n) is 12.6. The third kappa shape index (κ3) is 4.63. The van der Waals surface area contributed by atoms with Crippen molar-refractivity contribution in [3.8, 4) is 62.6 Å². The first-order valence-electron chi connectivity index (χ1n) is 16.6. The first-order chi connectivity index (χ1) is 26.3. The number of aromatic nitrogens is 2. The van der Waals surface area contributed by atoms with Crippen LogP contribution in [0.3, 0.4) is 0 Å². The number of hydrogen-bond acceptors (Lipinski definition) is 11. The van der Waals surface area contributed by atoms with E-state index in [0.717, 1.165) is 31.9 Å². The maximum absolute atomic E-state index is 5.59. The molecule has 0 unspecified atom stereocenters. The smallest absolute Gasteiger partial charge is 0.144 e. The molecule has 3 aromatic carbocycles. The summed E-state index contributed by atoms with van der Waals surface area (Å²) in [6.45, 7) is 0. The van der Waals surface area contributed by atoms with Gasteiger partial charge in [-0.15, -0.1) is 90.7 Å². The Morgan fingerprint density at radius 2 is 0.755 bits per heavy atom. The van der Waals surface area contributed by atoms with Crippen LogP contribution in [0.2, 0.25) is 0 Å². The zero-order valence-corrected chi connectivity index (χ0v) is 33.6. The van der Waals surface area contributed by atoms with Crippen LogP contribution in [0.15, 0.2) is 122 Å². The van der Waals surface area contributed by atoms with Crippen molar-refractivity contribution >= 4 is 142 Å². The second kappa shape index (κ2) is 12.1. The van der Waals surface area contributed by atoms with Gasteiger partial charge in [-0.25, -0.2) is 4.63 Å². The van der Waals surface area contributed by atoms with E-state index in [1.54, 1.807) is 45.3 Å². The molecule has 0 aliphatic heterocycles. The van der Waals surface area contributed by atoms with E-state index in [0.29, 0.717) is 0 Å². The van der Waals surface area contributed by atoms with Crippen molar-refractivity contribution in [3.05, 3.63) is 117 Å². The minimum absolute atomic E-state index is 0.793. The maximum atomic E-state index is 5.59. The van der Waals surface area contributed by atoms with Crippen molar-refractivity contribution < 1.29 is 4.63 Å². The number of benzene rings is 3. The molecular weight excluding hydrogens is 805 g/mol. The molecule has 12 rings (SSSR count). The van der Waals surface area contributed by atoms with Gasteiger partial charge in [-0.3, -0.25) is 0 Å². The summed E-state index contributed by atoms with van der Waals surface area (Å²) in [5.41, 5.74) is 8.96. The molecule has 0 amide bonds. The van der Waals surface area contributed by atoms with E-state index < -0.39 is 0 Å². The lowest BCUT2D eigenvalue weighted by Crippen LogP contribution is -1.82. The van der Waals surface area contributed by atoms with Gasteiger partial charge in [0.15, 0.2) is 0 Å². The molecule has 0 spiro atoms. The lowest BCUT2D eigenvalue weighted by molar-refractivity contribution is 0.315. The fourth-order valence-electron chi connectivity index (χ4n) is 7.60. The topological polar surface area (TPSA) is 38.9 Å². The quantitative estimate of drug-likeness (QED) is 0.168.